The van der Waals surface area contributed by atoms with Gasteiger partial charge in [-0.25, -0.2) is 4.79 Å². The van der Waals surface area contributed by atoms with Crippen LogP contribution in [0.5, 0.6) is 0 Å². The normalized spacial score (nSPS) is 15.0. The number of aliphatic hydroxyl groups excluding tert-OH is 3. The number of primary amides is 1. The van der Waals surface area contributed by atoms with Gasteiger partial charge in [0.2, 0.25) is 53.2 Å². The third-order valence-electron chi connectivity index (χ3n) is 8.45. The number of rotatable bonds is 29. The Balaban J connectivity index is 5.62. The molecule has 0 aromatic rings. The highest BCUT2D eigenvalue weighted by atomic mass is 32.2. The summed E-state index contributed by atoms with van der Waals surface area (Å²) in [7, 11) is 0. The van der Waals surface area contributed by atoms with Gasteiger partial charge in [-0.3, -0.25) is 43.2 Å². The highest BCUT2D eigenvalue weighted by molar-refractivity contribution is 7.98. The number of nitrogens with two attached hydrogens (primary N) is 2. The Morgan fingerprint density at radius 3 is 1.54 bits per heavy atom. The molecule has 336 valence electrons. The van der Waals surface area contributed by atoms with E-state index < -0.39 is 147 Å². The number of amides is 9. The summed E-state index contributed by atoms with van der Waals surface area (Å²) in [5, 5.41) is 56.2. The van der Waals surface area contributed by atoms with Crippen LogP contribution in [0, 0.1) is 11.8 Å². The van der Waals surface area contributed by atoms with Gasteiger partial charge in [-0.1, -0.05) is 34.1 Å². The van der Waals surface area contributed by atoms with E-state index in [-0.39, 0.29) is 25.2 Å². The highest BCUT2D eigenvalue weighted by Gasteiger charge is 2.34. The van der Waals surface area contributed by atoms with Crippen molar-refractivity contribution in [3.63, 3.8) is 0 Å². The molecule has 0 radical (unpaired) electrons. The first-order valence-electron chi connectivity index (χ1n) is 18.6. The summed E-state index contributed by atoms with van der Waals surface area (Å²) in [6, 6.07) is -10.1. The number of carbonyl (C=O) groups excluding carboxylic acids is 9. The molecule has 0 aromatic carbocycles. The van der Waals surface area contributed by atoms with Crippen molar-refractivity contribution >= 4 is 70.9 Å². The summed E-state index contributed by atoms with van der Waals surface area (Å²) in [5.41, 5.74) is 10.8. The number of carboxylic acids is 1. The SMILES string of the molecule is CC[C@H](C)[C@H](NC(=O)[C@H](CO)NC(=O)CNC(=O)[C@H](CO)NC(=O)[C@H](CC(C)C)NC(=O)[C@@H](N)CO)C(=O)N[C@@H](CC(N)=O)C(=O)NCC(=O)N[C@@H](CCSC)C(=O)O. The van der Waals surface area contributed by atoms with Crippen molar-refractivity contribution in [1.82, 2.24) is 42.5 Å². The predicted octanol–water partition coefficient (Wildman–Crippen LogP) is -6.76. The first-order chi connectivity index (χ1) is 27.6. The molecular weight excluding hydrogens is 804 g/mol. The van der Waals surface area contributed by atoms with Gasteiger partial charge in [-0.15, -0.1) is 0 Å². The van der Waals surface area contributed by atoms with E-state index in [1.165, 1.54) is 11.8 Å². The molecule has 0 unspecified atom stereocenters. The number of thioether (sulfide) groups is 1. The van der Waals surface area contributed by atoms with Crippen molar-refractivity contribution in [3.05, 3.63) is 0 Å². The predicted molar refractivity (Wildman–Crippen MR) is 210 cm³/mol. The number of carboxylic acid groups (broad SMARTS) is 1. The molecule has 0 rings (SSSR count). The van der Waals surface area contributed by atoms with Crippen LogP contribution in [0.4, 0.5) is 0 Å². The van der Waals surface area contributed by atoms with Crippen LogP contribution in [0.1, 0.15) is 53.4 Å². The number of aliphatic carboxylic acids is 1. The molecule has 0 heterocycles. The first-order valence-corrected chi connectivity index (χ1v) is 20.0. The number of hydrogen-bond acceptors (Lipinski definition) is 15. The molecule has 0 saturated carbocycles. The molecule has 59 heavy (non-hydrogen) atoms. The maximum atomic E-state index is 13.4. The van der Waals surface area contributed by atoms with Crippen LogP contribution < -0.4 is 54.0 Å². The van der Waals surface area contributed by atoms with Crippen LogP contribution >= 0.6 is 11.8 Å². The Morgan fingerprint density at radius 1 is 0.610 bits per heavy atom. The number of aliphatic hydroxyl groups is 3. The Hall–Kier alpha value is -5.11. The third kappa shape index (κ3) is 20.9. The monoisotopic (exact) mass is 864 g/mol. The van der Waals surface area contributed by atoms with Gasteiger partial charge in [0.1, 0.15) is 42.3 Å². The summed E-state index contributed by atoms with van der Waals surface area (Å²) >= 11 is 1.36. The van der Waals surface area contributed by atoms with Crippen molar-refractivity contribution in [3.8, 4) is 0 Å². The lowest BCUT2D eigenvalue weighted by molar-refractivity contribution is -0.142. The van der Waals surface area contributed by atoms with Gasteiger partial charge in [0, 0.05) is 0 Å². The molecule has 0 spiro atoms. The highest BCUT2D eigenvalue weighted by Crippen LogP contribution is 2.10. The minimum absolute atomic E-state index is 0.0993. The topological polar surface area (TPSA) is 400 Å². The second-order valence-corrected chi connectivity index (χ2v) is 14.8. The molecule has 0 aromatic heterocycles. The summed E-state index contributed by atoms with van der Waals surface area (Å²) in [6.07, 6.45) is 1.50. The van der Waals surface area contributed by atoms with E-state index in [4.69, 9.17) is 16.6 Å². The van der Waals surface area contributed by atoms with Gasteiger partial charge >= 0.3 is 5.97 Å². The van der Waals surface area contributed by atoms with Gasteiger partial charge < -0.3 is 74.4 Å². The molecule has 0 saturated heterocycles. The van der Waals surface area contributed by atoms with Gasteiger partial charge in [0.25, 0.3) is 0 Å². The zero-order valence-corrected chi connectivity index (χ0v) is 34.5. The van der Waals surface area contributed by atoms with Crippen LogP contribution in [-0.2, 0) is 47.9 Å². The fourth-order valence-electron chi connectivity index (χ4n) is 4.92. The van der Waals surface area contributed by atoms with Crippen LogP contribution in [0.25, 0.3) is 0 Å². The maximum Gasteiger partial charge on any atom is 0.326 e. The van der Waals surface area contributed by atoms with Crippen LogP contribution in [0.3, 0.4) is 0 Å². The van der Waals surface area contributed by atoms with E-state index in [2.05, 4.69) is 42.5 Å². The molecule has 24 nitrogen and oxygen atoms in total. The summed E-state index contributed by atoms with van der Waals surface area (Å²) in [5.74, 6) is -10.4. The van der Waals surface area contributed by atoms with Crippen molar-refractivity contribution in [1.29, 1.82) is 0 Å². The lowest BCUT2D eigenvalue weighted by atomic mass is 9.97. The van der Waals surface area contributed by atoms with Gasteiger partial charge in [0.05, 0.1) is 39.3 Å². The van der Waals surface area contributed by atoms with E-state index in [0.29, 0.717) is 5.75 Å². The van der Waals surface area contributed by atoms with Crippen LogP contribution in [0.15, 0.2) is 0 Å². The minimum Gasteiger partial charge on any atom is -0.480 e. The second kappa shape index (κ2) is 28.3. The van der Waals surface area contributed by atoms with Crippen LogP contribution in [-0.4, -0.2) is 167 Å². The fraction of sp³-hybridized carbons (Fsp3) is 0.706. The summed E-state index contributed by atoms with van der Waals surface area (Å²) < 4.78 is 0. The Labute approximate surface area is 345 Å². The largest absolute Gasteiger partial charge is 0.480 e. The maximum absolute atomic E-state index is 13.4. The molecular formula is C34H60N10O14S. The van der Waals surface area contributed by atoms with Crippen molar-refractivity contribution < 1.29 is 68.4 Å². The Bertz CT molecular complexity index is 1470. The molecule has 0 bridgehead atoms. The molecule has 0 fully saturated rings. The lowest BCUT2D eigenvalue weighted by Gasteiger charge is -2.27. The van der Waals surface area contributed by atoms with E-state index in [9.17, 15) is 63.3 Å². The molecule has 0 aliphatic carbocycles. The van der Waals surface area contributed by atoms with Crippen molar-refractivity contribution in [2.45, 2.75) is 95.7 Å². The average Bonchev–Trinajstić information content (AvgIpc) is 3.18. The van der Waals surface area contributed by atoms with Crippen molar-refractivity contribution in [2.24, 2.45) is 23.3 Å². The Morgan fingerprint density at radius 2 is 1.08 bits per heavy atom. The molecule has 16 N–H and O–H groups in total. The number of hydrogen-bond donors (Lipinski definition) is 14. The quantitative estimate of drug-likeness (QED) is 0.0332. The molecule has 8 atom stereocenters. The smallest absolute Gasteiger partial charge is 0.326 e. The fourth-order valence-corrected chi connectivity index (χ4v) is 5.39. The van der Waals surface area contributed by atoms with E-state index in [1.54, 1.807) is 34.0 Å². The number of nitrogens with one attached hydrogen (secondary N) is 8. The van der Waals surface area contributed by atoms with E-state index in [0.717, 1.165) is 0 Å². The van der Waals surface area contributed by atoms with Gasteiger partial charge in [-0.2, -0.15) is 11.8 Å². The van der Waals surface area contributed by atoms with Gasteiger partial charge in [0.15, 0.2) is 0 Å². The lowest BCUT2D eigenvalue weighted by Crippen LogP contribution is -2.60. The van der Waals surface area contributed by atoms with E-state index >= 15 is 0 Å². The first kappa shape index (κ1) is 53.9. The second-order valence-electron chi connectivity index (χ2n) is 13.8. The Kier molecular flexibility index (Phi) is 25.9. The third-order valence-corrected chi connectivity index (χ3v) is 9.09. The average molecular weight is 865 g/mol. The number of carbonyl (C=O) groups is 10. The van der Waals surface area contributed by atoms with E-state index in [1.807, 2.05) is 0 Å². The molecule has 9 amide bonds. The zero-order chi connectivity index (χ0) is 45.4. The van der Waals surface area contributed by atoms with Crippen molar-refractivity contribution in [2.75, 3.05) is 44.9 Å². The van der Waals surface area contributed by atoms with Crippen LogP contribution in [0.2, 0.25) is 0 Å². The molecule has 0 aliphatic heterocycles. The summed E-state index contributed by atoms with van der Waals surface area (Å²) in [6.45, 7) is 2.56. The minimum atomic E-state index is -1.69. The standard InChI is InChI=1S/C34H60N10O14S/c1-6-17(4)27(33(56)42-21(10-24(36)48)29(52)37-11-25(49)39-19(34(57)58)7-8-59-5)44-32(55)23(15-47)40-26(50)12-38-30(53)22(14-46)43-31(54)20(9-16(2)3)41-28(51)18(35)13-45/h16-23,27,45-47H,6-15,35H2,1-5H3,(H2,36,48)(H,37,52)(H,38,53)(H,39,49)(H,40,50)(H,41,51)(H,42,56)(H,43,54)(H,44,55)(H,57,58)/t17-,18-,19-,20-,21-,22-,23-,27-/m0/s1. The molecule has 0 aliphatic rings. The zero-order valence-electron chi connectivity index (χ0n) is 33.7. The van der Waals surface area contributed by atoms with Gasteiger partial charge in [-0.05, 0) is 36.7 Å². The molecule has 25 heteroatoms. The summed E-state index contributed by atoms with van der Waals surface area (Å²) in [4.78, 5) is 126.